The quantitative estimate of drug-likeness (QED) is 0.445. The SMILES string of the molecule is COc1cc([N+](=O)[O-])ccc1OCCC[NH+]1CCOCC1. The number of benzene rings is 1. The molecule has 1 fully saturated rings. The predicted molar refractivity (Wildman–Crippen MR) is 76.1 cm³/mol. The van der Waals surface area contributed by atoms with E-state index >= 15 is 0 Å². The van der Waals surface area contributed by atoms with Crippen LogP contribution in [0.15, 0.2) is 18.2 Å². The Morgan fingerprint density at radius 2 is 2.10 bits per heavy atom. The van der Waals surface area contributed by atoms with Gasteiger partial charge in [-0.25, -0.2) is 0 Å². The van der Waals surface area contributed by atoms with Gasteiger partial charge in [0.15, 0.2) is 11.5 Å². The zero-order chi connectivity index (χ0) is 15.1. The average Bonchev–Trinajstić information content (AvgIpc) is 2.52. The van der Waals surface area contributed by atoms with Crippen molar-refractivity contribution in [2.24, 2.45) is 0 Å². The molecule has 0 atom stereocenters. The van der Waals surface area contributed by atoms with Gasteiger partial charge in [0.1, 0.15) is 13.1 Å². The second-order valence-electron chi connectivity index (χ2n) is 4.91. The van der Waals surface area contributed by atoms with Crippen LogP contribution in [-0.4, -0.2) is 51.5 Å². The topological polar surface area (TPSA) is 75.3 Å². The van der Waals surface area contributed by atoms with Crippen LogP contribution in [0.4, 0.5) is 5.69 Å². The molecular formula is C14H21N2O5+. The molecule has 0 spiro atoms. The van der Waals surface area contributed by atoms with E-state index in [1.54, 1.807) is 6.07 Å². The van der Waals surface area contributed by atoms with Gasteiger partial charge in [-0.3, -0.25) is 10.1 Å². The van der Waals surface area contributed by atoms with Crippen molar-refractivity contribution in [2.75, 3.05) is 46.6 Å². The molecule has 1 N–H and O–H groups in total. The maximum absolute atomic E-state index is 10.7. The summed E-state index contributed by atoms with van der Waals surface area (Å²) in [6, 6.07) is 4.38. The van der Waals surface area contributed by atoms with Crippen LogP contribution in [0.1, 0.15) is 6.42 Å². The van der Waals surface area contributed by atoms with Crippen LogP contribution in [0.3, 0.4) is 0 Å². The van der Waals surface area contributed by atoms with Crippen LogP contribution in [0.5, 0.6) is 11.5 Å². The minimum absolute atomic E-state index is 0.00281. The zero-order valence-corrected chi connectivity index (χ0v) is 12.2. The smallest absolute Gasteiger partial charge is 0.273 e. The molecule has 116 valence electrons. The molecule has 7 heteroatoms. The summed E-state index contributed by atoms with van der Waals surface area (Å²) < 4.78 is 16.1. The van der Waals surface area contributed by atoms with Gasteiger partial charge in [0.05, 0.1) is 44.5 Å². The molecule has 1 aromatic rings. The van der Waals surface area contributed by atoms with Crippen molar-refractivity contribution < 1.29 is 24.0 Å². The minimum atomic E-state index is -0.450. The van der Waals surface area contributed by atoms with Gasteiger partial charge in [-0.1, -0.05) is 0 Å². The van der Waals surface area contributed by atoms with Gasteiger partial charge >= 0.3 is 0 Å². The second-order valence-corrected chi connectivity index (χ2v) is 4.91. The van der Waals surface area contributed by atoms with E-state index in [9.17, 15) is 10.1 Å². The Bertz CT molecular complexity index is 474. The summed E-state index contributed by atoms with van der Waals surface area (Å²) in [6.07, 6.45) is 0.926. The highest BCUT2D eigenvalue weighted by Gasteiger charge is 2.14. The standard InChI is InChI=1S/C14H20N2O5/c1-19-14-11-12(16(17)18)3-4-13(14)21-8-2-5-15-6-9-20-10-7-15/h3-4,11H,2,5-10H2,1H3/p+1. The lowest BCUT2D eigenvalue weighted by Gasteiger charge is -2.23. The molecule has 7 nitrogen and oxygen atoms in total. The molecule has 1 aliphatic rings. The summed E-state index contributed by atoms with van der Waals surface area (Å²) in [7, 11) is 1.48. The molecule has 0 radical (unpaired) electrons. The van der Waals surface area contributed by atoms with Crippen LogP contribution in [-0.2, 0) is 4.74 Å². The number of nitrogens with one attached hydrogen (secondary N) is 1. The molecule has 21 heavy (non-hydrogen) atoms. The van der Waals surface area contributed by atoms with Gasteiger partial charge in [0.2, 0.25) is 0 Å². The predicted octanol–water partition coefficient (Wildman–Crippen LogP) is 0.287. The van der Waals surface area contributed by atoms with Crippen molar-refractivity contribution in [3.05, 3.63) is 28.3 Å². The number of nitro groups is 1. The van der Waals surface area contributed by atoms with Gasteiger partial charge in [-0.15, -0.1) is 0 Å². The third-order valence-electron chi connectivity index (χ3n) is 3.49. The highest BCUT2D eigenvalue weighted by Crippen LogP contribution is 2.31. The number of quaternary nitrogens is 1. The van der Waals surface area contributed by atoms with Crippen molar-refractivity contribution in [3.63, 3.8) is 0 Å². The number of rotatable bonds is 7. The molecule has 1 aliphatic heterocycles. The van der Waals surface area contributed by atoms with Crippen molar-refractivity contribution in [3.8, 4) is 11.5 Å². The Hall–Kier alpha value is -1.86. The largest absolute Gasteiger partial charge is 0.493 e. The molecule has 0 aromatic heterocycles. The average molecular weight is 297 g/mol. The molecular weight excluding hydrogens is 276 g/mol. The second kappa shape index (κ2) is 7.80. The van der Waals surface area contributed by atoms with Crippen molar-refractivity contribution in [1.82, 2.24) is 0 Å². The van der Waals surface area contributed by atoms with E-state index in [0.717, 1.165) is 39.3 Å². The lowest BCUT2D eigenvalue weighted by atomic mass is 10.3. The number of nitrogens with zero attached hydrogens (tertiary/aromatic N) is 1. The number of hydrogen-bond donors (Lipinski definition) is 1. The summed E-state index contributed by atoms with van der Waals surface area (Å²) >= 11 is 0. The summed E-state index contributed by atoms with van der Waals surface area (Å²) in [5, 5.41) is 10.7. The normalized spacial score (nSPS) is 15.7. The number of hydrogen-bond acceptors (Lipinski definition) is 5. The van der Waals surface area contributed by atoms with Crippen LogP contribution >= 0.6 is 0 Å². The molecule has 0 amide bonds. The fourth-order valence-corrected chi connectivity index (χ4v) is 2.30. The molecule has 0 aliphatic carbocycles. The zero-order valence-electron chi connectivity index (χ0n) is 12.2. The Kier molecular flexibility index (Phi) is 5.77. The summed E-state index contributed by atoms with van der Waals surface area (Å²) in [6.45, 7) is 5.34. The number of ether oxygens (including phenoxy) is 3. The van der Waals surface area contributed by atoms with E-state index in [1.807, 2.05) is 0 Å². The molecule has 0 saturated carbocycles. The fraction of sp³-hybridized carbons (Fsp3) is 0.571. The van der Waals surface area contributed by atoms with Crippen LogP contribution in [0.25, 0.3) is 0 Å². The van der Waals surface area contributed by atoms with Gasteiger partial charge in [-0.05, 0) is 6.07 Å². The van der Waals surface area contributed by atoms with Crippen LogP contribution in [0.2, 0.25) is 0 Å². The first kappa shape index (κ1) is 15.5. The Morgan fingerprint density at radius 3 is 2.76 bits per heavy atom. The number of nitro benzene ring substituents is 1. The maximum Gasteiger partial charge on any atom is 0.273 e. The molecule has 0 bridgehead atoms. The monoisotopic (exact) mass is 297 g/mol. The fourth-order valence-electron chi connectivity index (χ4n) is 2.30. The molecule has 1 heterocycles. The molecule has 1 saturated heterocycles. The maximum atomic E-state index is 10.7. The van der Waals surface area contributed by atoms with E-state index in [1.165, 1.54) is 24.1 Å². The lowest BCUT2D eigenvalue weighted by molar-refractivity contribution is -0.908. The van der Waals surface area contributed by atoms with E-state index in [-0.39, 0.29) is 5.69 Å². The summed E-state index contributed by atoms with van der Waals surface area (Å²) in [4.78, 5) is 11.8. The third kappa shape index (κ3) is 4.57. The van der Waals surface area contributed by atoms with Gasteiger partial charge in [0, 0.05) is 12.5 Å². The third-order valence-corrected chi connectivity index (χ3v) is 3.49. The number of methoxy groups -OCH3 is 1. The van der Waals surface area contributed by atoms with E-state index in [2.05, 4.69) is 0 Å². The van der Waals surface area contributed by atoms with Gasteiger partial charge in [-0.2, -0.15) is 0 Å². The molecule has 1 aromatic carbocycles. The van der Waals surface area contributed by atoms with Gasteiger partial charge in [0.25, 0.3) is 5.69 Å². The first-order valence-electron chi connectivity index (χ1n) is 7.07. The Morgan fingerprint density at radius 1 is 1.33 bits per heavy atom. The lowest BCUT2D eigenvalue weighted by Crippen LogP contribution is -3.14. The number of morpholine rings is 1. The molecule has 0 unspecified atom stereocenters. The Labute approximate surface area is 123 Å². The van der Waals surface area contributed by atoms with Crippen molar-refractivity contribution >= 4 is 5.69 Å². The first-order valence-corrected chi connectivity index (χ1v) is 7.07. The highest BCUT2D eigenvalue weighted by atomic mass is 16.6. The molecule has 2 rings (SSSR count). The first-order chi connectivity index (χ1) is 10.2. The van der Waals surface area contributed by atoms with E-state index < -0.39 is 4.92 Å². The van der Waals surface area contributed by atoms with Crippen LogP contribution in [0, 0.1) is 10.1 Å². The summed E-state index contributed by atoms with van der Waals surface area (Å²) in [5.41, 5.74) is -0.00281. The van der Waals surface area contributed by atoms with Crippen molar-refractivity contribution in [1.29, 1.82) is 0 Å². The van der Waals surface area contributed by atoms with Crippen LogP contribution < -0.4 is 14.4 Å². The Balaban J connectivity index is 1.80. The summed E-state index contributed by atoms with van der Waals surface area (Å²) in [5.74, 6) is 0.933. The van der Waals surface area contributed by atoms with E-state index in [4.69, 9.17) is 14.2 Å². The highest BCUT2D eigenvalue weighted by molar-refractivity contribution is 5.48. The number of non-ortho nitro benzene ring substituents is 1. The minimum Gasteiger partial charge on any atom is -0.493 e. The van der Waals surface area contributed by atoms with E-state index in [0.29, 0.717) is 18.1 Å². The van der Waals surface area contributed by atoms with Crippen molar-refractivity contribution in [2.45, 2.75) is 6.42 Å². The van der Waals surface area contributed by atoms with Gasteiger partial charge < -0.3 is 19.1 Å².